The van der Waals surface area contributed by atoms with E-state index in [2.05, 4.69) is 107 Å². The third-order valence-corrected chi connectivity index (χ3v) is 9.50. The predicted octanol–water partition coefficient (Wildman–Crippen LogP) is 8.49. The third kappa shape index (κ3) is 2.03. The number of fused-ring (bicyclic) bond motifs is 11. The Bertz CT molecular complexity index is 1450. The van der Waals surface area contributed by atoms with Gasteiger partial charge in [-0.3, -0.25) is 0 Å². The SMILES string of the molecule is Brc1ccc2c3c(sc2c1)C1(c2ccccc2S3)c2ccccc2-c2ccccc21. The largest absolute Gasteiger partial charge is 0.137 e. The summed E-state index contributed by atoms with van der Waals surface area (Å²) < 4.78 is 2.48. The van der Waals surface area contributed by atoms with Crippen molar-refractivity contribution in [1.82, 2.24) is 0 Å². The van der Waals surface area contributed by atoms with Crippen LogP contribution in [0.25, 0.3) is 21.2 Å². The van der Waals surface area contributed by atoms with Gasteiger partial charge in [0, 0.05) is 29.2 Å². The highest BCUT2D eigenvalue weighted by molar-refractivity contribution is 9.10. The van der Waals surface area contributed by atoms with Crippen LogP contribution in [0.3, 0.4) is 0 Å². The smallest absolute Gasteiger partial charge is 0.0829 e. The molecule has 7 rings (SSSR count). The van der Waals surface area contributed by atoms with Crippen molar-refractivity contribution in [3.05, 3.63) is 117 Å². The molecule has 1 aromatic heterocycles. The highest BCUT2D eigenvalue weighted by Crippen LogP contribution is 2.64. The van der Waals surface area contributed by atoms with Crippen LogP contribution >= 0.6 is 39.0 Å². The first-order valence-electron chi connectivity index (χ1n) is 9.98. The minimum Gasteiger partial charge on any atom is -0.137 e. The number of hydrogen-bond donors (Lipinski definition) is 0. The average molecular weight is 483 g/mol. The molecule has 5 aromatic rings. The van der Waals surface area contributed by atoms with E-state index in [1.165, 1.54) is 52.6 Å². The van der Waals surface area contributed by atoms with E-state index in [0.29, 0.717) is 0 Å². The lowest BCUT2D eigenvalue weighted by Crippen LogP contribution is -2.30. The second-order valence-electron chi connectivity index (χ2n) is 7.84. The topological polar surface area (TPSA) is 0 Å². The van der Waals surface area contributed by atoms with Crippen molar-refractivity contribution in [1.29, 1.82) is 0 Å². The summed E-state index contributed by atoms with van der Waals surface area (Å²) in [4.78, 5) is 4.23. The summed E-state index contributed by atoms with van der Waals surface area (Å²) in [5.74, 6) is 0. The van der Waals surface area contributed by atoms with Crippen LogP contribution < -0.4 is 0 Å². The Kier molecular flexibility index (Phi) is 3.53. The minimum absolute atomic E-state index is 0.249. The lowest BCUT2D eigenvalue weighted by atomic mass is 9.71. The Balaban J connectivity index is 1.72. The van der Waals surface area contributed by atoms with Gasteiger partial charge in [0.05, 0.1) is 5.41 Å². The van der Waals surface area contributed by atoms with Gasteiger partial charge in [0.1, 0.15) is 0 Å². The van der Waals surface area contributed by atoms with E-state index in [4.69, 9.17) is 0 Å². The molecule has 0 unspecified atom stereocenters. The molecule has 0 saturated carbocycles. The third-order valence-electron chi connectivity index (χ3n) is 6.40. The molecule has 3 heteroatoms. The van der Waals surface area contributed by atoms with E-state index in [0.717, 1.165) is 4.47 Å². The zero-order valence-corrected chi connectivity index (χ0v) is 19.1. The van der Waals surface area contributed by atoms with Crippen LogP contribution in [0.4, 0.5) is 0 Å². The molecule has 0 bridgehead atoms. The van der Waals surface area contributed by atoms with E-state index >= 15 is 0 Å². The lowest BCUT2D eigenvalue weighted by molar-refractivity contribution is 0.745. The van der Waals surface area contributed by atoms with Gasteiger partial charge in [0.2, 0.25) is 0 Å². The molecule has 1 aliphatic heterocycles. The summed E-state index contributed by atoms with van der Waals surface area (Å²) in [7, 11) is 0. The summed E-state index contributed by atoms with van der Waals surface area (Å²) in [6.45, 7) is 0. The van der Waals surface area contributed by atoms with Gasteiger partial charge in [-0.05, 0) is 46.0 Å². The summed E-state index contributed by atoms with van der Waals surface area (Å²) >= 11 is 7.56. The quantitative estimate of drug-likeness (QED) is 0.208. The molecule has 142 valence electrons. The van der Waals surface area contributed by atoms with Crippen molar-refractivity contribution >= 4 is 49.1 Å². The fourth-order valence-corrected chi connectivity index (χ4v) is 8.69. The first kappa shape index (κ1) is 17.4. The van der Waals surface area contributed by atoms with E-state index in [1.54, 1.807) is 0 Å². The summed E-state index contributed by atoms with van der Waals surface area (Å²) in [6, 6.07) is 33.7. The fourth-order valence-electron chi connectivity index (χ4n) is 5.26. The molecular formula is C27H15BrS2. The molecule has 0 N–H and O–H groups in total. The zero-order valence-electron chi connectivity index (χ0n) is 15.9. The molecule has 1 spiro atoms. The average Bonchev–Trinajstić information content (AvgIpc) is 3.29. The van der Waals surface area contributed by atoms with Crippen LogP contribution in [0.1, 0.15) is 21.6 Å². The van der Waals surface area contributed by atoms with E-state index in [9.17, 15) is 0 Å². The first-order valence-corrected chi connectivity index (χ1v) is 12.4. The highest BCUT2D eigenvalue weighted by Gasteiger charge is 2.51. The van der Waals surface area contributed by atoms with Crippen molar-refractivity contribution in [2.24, 2.45) is 0 Å². The van der Waals surface area contributed by atoms with Crippen molar-refractivity contribution in [2.45, 2.75) is 15.2 Å². The Morgan fingerprint density at radius 1 is 0.667 bits per heavy atom. The van der Waals surface area contributed by atoms with Crippen LogP contribution in [0.15, 0.2) is 105 Å². The Morgan fingerprint density at radius 3 is 2.03 bits per heavy atom. The standard InChI is InChI=1S/C27H15BrS2/c28-16-13-14-19-24(15-16)30-26-25(19)29-23-12-6-5-11-22(23)27(26)20-9-3-1-7-17(20)18-8-2-4-10-21(18)27/h1-15H. The number of halogens is 1. The van der Waals surface area contributed by atoms with Crippen LogP contribution in [0.2, 0.25) is 0 Å². The van der Waals surface area contributed by atoms with Crippen LogP contribution in [-0.4, -0.2) is 0 Å². The van der Waals surface area contributed by atoms with Gasteiger partial charge in [0.15, 0.2) is 0 Å². The van der Waals surface area contributed by atoms with E-state index in [-0.39, 0.29) is 5.41 Å². The first-order chi connectivity index (χ1) is 14.8. The second kappa shape index (κ2) is 6.10. The van der Waals surface area contributed by atoms with Crippen LogP contribution in [0.5, 0.6) is 0 Å². The maximum Gasteiger partial charge on any atom is 0.0829 e. The molecule has 0 radical (unpaired) electrons. The van der Waals surface area contributed by atoms with Gasteiger partial charge in [-0.2, -0.15) is 0 Å². The molecule has 0 fully saturated rings. The summed E-state index contributed by atoms with van der Waals surface area (Å²) in [6.07, 6.45) is 0. The van der Waals surface area contributed by atoms with E-state index < -0.39 is 0 Å². The maximum atomic E-state index is 3.68. The molecule has 0 nitrogen and oxygen atoms in total. The van der Waals surface area contributed by atoms with Gasteiger partial charge in [-0.25, -0.2) is 0 Å². The normalized spacial score (nSPS) is 15.0. The Morgan fingerprint density at radius 2 is 1.30 bits per heavy atom. The molecule has 1 aliphatic carbocycles. The maximum absolute atomic E-state index is 3.68. The van der Waals surface area contributed by atoms with Crippen molar-refractivity contribution in [3.63, 3.8) is 0 Å². The lowest BCUT2D eigenvalue weighted by Gasteiger charge is -2.37. The molecule has 4 aromatic carbocycles. The molecular weight excluding hydrogens is 468 g/mol. The number of hydrogen-bond acceptors (Lipinski definition) is 2. The number of thiophene rings is 1. The van der Waals surface area contributed by atoms with E-state index in [1.807, 2.05) is 23.1 Å². The highest BCUT2D eigenvalue weighted by atomic mass is 79.9. The monoisotopic (exact) mass is 482 g/mol. The Hall–Kier alpha value is -2.33. The number of rotatable bonds is 0. The van der Waals surface area contributed by atoms with Gasteiger partial charge >= 0.3 is 0 Å². The van der Waals surface area contributed by atoms with Gasteiger partial charge in [0.25, 0.3) is 0 Å². The van der Waals surface area contributed by atoms with Gasteiger partial charge in [-0.1, -0.05) is 100 Å². The summed E-state index contributed by atoms with van der Waals surface area (Å²) in [5, 5.41) is 1.36. The van der Waals surface area contributed by atoms with Gasteiger partial charge < -0.3 is 0 Å². The minimum atomic E-state index is -0.249. The molecule has 30 heavy (non-hydrogen) atoms. The molecule has 2 heterocycles. The number of benzene rings is 4. The van der Waals surface area contributed by atoms with Crippen molar-refractivity contribution in [3.8, 4) is 11.1 Å². The molecule has 0 atom stereocenters. The predicted molar refractivity (Wildman–Crippen MR) is 131 cm³/mol. The second-order valence-corrected chi connectivity index (χ2v) is 10.9. The summed E-state index contributed by atoms with van der Waals surface area (Å²) in [5.41, 5.74) is 6.70. The van der Waals surface area contributed by atoms with Crippen LogP contribution in [-0.2, 0) is 5.41 Å². The molecule has 0 saturated heterocycles. The van der Waals surface area contributed by atoms with Crippen LogP contribution in [0, 0.1) is 0 Å². The molecule has 0 amide bonds. The Labute approximate surface area is 191 Å². The molecule has 2 aliphatic rings. The zero-order chi connectivity index (χ0) is 19.9. The van der Waals surface area contributed by atoms with Crippen molar-refractivity contribution in [2.75, 3.05) is 0 Å². The van der Waals surface area contributed by atoms with Crippen molar-refractivity contribution < 1.29 is 0 Å². The van der Waals surface area contributed by atoms with Gasteiger partial charge in [-0.15, -0.1) is 11.3 Å². The fraction of sp³-hybridized carbons (Fsp3) is 0.0370.